The molecule has 1 aromatic heterocycles. The third kappa shape index (κ3) is 3.12. The molecule has 0 aliphatic carbocycles. The summed E-state index contributed by atoms with van der Waals surface area (Å²) in [6.07, 6.45) is 0. The van der Waals surface area contributed by atoms with E-state index in [0.29, 0.717) is 11.8 Å². The monoisotopic (exact) mass is 233 g/mol. The van der Waals surface area contributed by atoms with E-state index in [1.54, 1.807) is 0 Å². The van der Waals surface area contributed by atoms with Gasteiger partial charge in [0.2, 0.25) is 11.8 Å². The van der Waals surface area contributed by atoms with E-state index >= 15 is 0 Å². The van der Waals surface area contributed by atoms with E-state index < -0.39 is 5.97 Å². The van der Waals surface area contributed by atoms with E-state index in [-0.39, 0.29) is 13.1 Å². The molecule has 6 nitrogen and oxygen atoms in total. The number of carbonyl (C=O) groups is 1. The number of aromatic nitrogens is 2. The highest BCUT2D eigenvalue weighted by Crippen LogP contribution is 2.16. The first-order chi connectivity index (χ1) is 8.25. The Morgan fingerprint density at radius 3 is 2.76 bits per heavy atom. The van der Waals surface area contributed by atoms with Crippen molar-refractivity contribution >= 4 is 5.97 Å². The summed E-state index contributed by atoms with van der Waals surface area (Å²) in [6.45, 7) is 0.106. The van der Waals surface area contributed by atoms with Crippen LogP contribution < -0.4 is 5.32 Å². The maximum absolute atomic E-state index is 10.3. The molecule has 0 bridgehead atoms. The molecule has 0 saturated carbocycles. The third-order valence-electron chi connectivity index (χ3n) is 2.04. The van der Waals surface area contributed by atoms with Crippen LogP contribution in [-0.4, -0.2) is 27.8 Å². The SMILES string of the molecule is O=C(O)CNCc1nnc(-c2ccccc2)o1. The third-order valence-corrected chi connectivity index (χ3v) is 2.04. The second-order valence-corrected chi connectivity index (χ2v) is 3.36. The lowest BCUT2D eigenvalue weighted by molar-refractivity contribution is -0.136. The number of hydrogen-bond acceptors (Lipinski definition) is 5. The van der Waals surface area contributed by atoms with Crippen LogP contribution >= 0.6 is 0 Å². The molecule has 2 rings (SSSR count). The number of aliphatic carboxylic acids is 1. The van der Waals surface area contributed by atoms with Gasteiger partial charge in [0.1, 0.15) is 0 Å². The first-order valence-electron chi connectivity index (χ1n) is 5.06. The topological polar surface area (TPSA) is 88.2 Å². The highest BCUT2D eigenvalue weighted by Gasteiger charge is 2.07. The van der Waals surface area contributed by atoms with E-state index in [1.807, 2.05) is 30.3 Å². The summed E-state index contributed by atoms with van der Waals surface area (Å²) in [7, 11) is 0. The van der Waals surface area contributed by atoms with Crippen LogP contribution in [0.5, 0.6) is 0 Å². The molecule has 6 heteroatoms. The van der Waals surface area contributed by atoms with Gasteiger partial charge in [-0.05, 0) is 12.1 Å². The second-order valence-electron chi connectivity index (χ2n) is 3.36. The average Bonchev–Trinajstić information content (AvgIpc) is 2.78. The van der Waals surface area contributed by atoms with Crippen molar-refractivity contribution in [3.8, 4) is 11.5 Å². The van der Waals surface area contributed by atoms with Gasteiger partial charge in [-0.2, -0.15) is 0 Å². The maximum atomic E-state index is 10.3. The standard InChI is InChI=1S/C11H11N3O3/c15-10(16)7-12-6-9-13-14-11(17-9)8-4-2-1-3-5-8/h1-5,12H,6-7H2,(H,15,16). The number of nitrogens with zero attached hydrogens (tertiary/aromatic N) is 2. The molecule has 0 unspecified atom stereocenters. The van der Waals surface area contributed by atoms with Crippen LogP contribution in [0.25, 0.3) is 11.5 Å². The molecular weight excluding hydrogens is 222 g/mol. The van der Waals surface area contributed by atoms with Gasteiger partial charge in [0.15, 0.2) is 0 Å². The molecule has 2 N–H and O–H groups in total. The Labute approximate surface area is 97.3 Å². The number of nitrogens with one attached hydrogen (secondary N) is 1. The highest BCUT2D eigenvalue weighted by atomic mass is 16.4. The Bertz CT molecular complexity index is 496. The zero-order chi connectivity index (χ0) is 12.1. The molecule has 88 valence electrons. The summed E-state index contributed by atoms with van der Waals surface area (Å²) >= 11 is 0. The smallest absolute Gasteiger partial charge is 0.317 e. The first kappa shape index (κ1) is 11.3. The molecule has 0 atom stereocenters. The van der Waals surface area contributed by atoms with Crippen molar-refractivity contribution in [2.75, 3.05) is 6.54 Å². The predicted octanol–water partition coefficient (Wildman–Crippen LogP) is 0.911. The van der Waals surface area contributed by atoms with Crippen molar-refractivity contribution in [1.29, 1.82) is 0 Å². The van der Waals surface area contributed by atoms with E-state index in [0.717, 1.165) is 5.56 Å². The van der Waals surface area contributed by atoms with Crippen LogP contribution in [0.1, 0.15) is 5.89 Å². The minimum absolute atomic E-state index is 0.136. The van der Waals surface area contributed by atoms with Crippen molar-refractivity contribution in [2.45, 2.75) is 6.54 Å². The Hall–Kier alpha value is -2.21. The van der Waals surface area contributed by atoms with Crippen molar-refractivity contribution in [2.24, 2.45) is 0 Å². The minimum Gasteiger partial charge on any atom is -0.480 e. The Balaban J connectivity index is 1.99. The van der Waals surface area contributed by atoms with Crippen LogP contribution in [0, 0.1) is 0 Å². The number of benzene rings is 1. The van der Waals surface area contributed by atoms with Crippen LogP contribution in [-0.2, 0) is 11.3 Å². The molecule has 17 heavy (non-hydrogen) atoms. The molecule has 0 spiro atoms. The van der Waals surface area contributed by atoms with E-state index in [2.05, 4.69) is 15.5 Å². The summed E-state index contributed by atoms with van der Waals surface area (Å²) in [4.78, 5) is 10.3. The second kappa shape index (κ2) is 5.22. The van der Waals surface area contributed by atoms with Gasteiger partial charge in [-0.3, -0.25) is 10.1 Å². The van der Waals surface area contributed by atoms with E-state index in [4.69, 9.17) is 9.52 Å². The van der Waals surface area contributed by atoms with Crippen LogP contribution in [0.15, 0.2) is 34.7 Å². The molecule has 2 aromatic rings. The molecule has 0 fully saturated rings. The molecule has 1 heterocycles. The van der Waals surface area contributed by atoms with Gasteiger partial charge in [0.05, 0.1) is 13.1 Å². The molecular formula is C11H11N3O3. The Morgan fingerprint density at radius 1 is 1.29 bits per heavy atom. The van der Waals surface area contributed by atoms with Gasteiger partial charge in [0, 0.05) is 5.56 Å². The molecule has 0 radical (unpaired) electrons. The van der Waals surface area contributed by atoms with Crippen molar-refractivity contribution in [3.05, 3.63) is 36.2 Å². The van der Waals surface area contributed by atoms with Crippen molar-refractivity contribution in [1.82, 2.24) is 15.5 Å². The van der Waals surface area contributed by atoms with E-state index in [9.17, 15) is 4.79 Å². The normalized spacial score (nSPS) is 10.4. The summed E-state index contributed by atoms with van der Waals surface area (Å²) in [5.74, 6) is -0.129. The van der Waals surface area contributed by atoms with Crippen LogP contribution in [0.4, 0.5) is 0 Å². The highest BCUT2D eigenvalue weighted by molar-refractivity contribution is 5.68. The molecule has 1 aromatic carbocycles. The fraction of sp³-hybridized carbons (Fsp3) is 0.182. The quantitative estimate of drug-likeness (QED) is 0.798. The summed E-state index contributed by atoms with van der Waals surface area (Å²) < 4.78 is 5.37. The largest absolute Gasteiger partial charge is 0.480 e. The molecule has 0 aliphatic heterocycles. The van der Waals surface area contributed by atoms with Gasteiger partial charge < -0.3 is 9.52 Å². The van der Waals surface area contributed by atoms with Gasteiger partial charge in [-0.1, -0.05) is 18.2 Å². The van der Waals surface area contributed by atoms with Gasteiger partial charge in [-0.15, -0.1) is 10.2 Å². The zero-order valence-electron chi connectivity index (χ0n) is 8.96. The van der Waals surface area contributed by atoms with E-state index in [1.165, 1.54) is 0 Å². The lowest BCUT2D eigenvalue weighted by Gasteiger charge is -1.95. The predicted molar refractivity (Wildman–Crippen MR) is 59.1 cm³/mol. The fourth-order valence-electron chi connectivity index (χ4n) is 1.30. The van der Waals surface area contributed by atoms with Crippen molar-refractivity contribution in [3.63, 3.8) is 0 Å². The molecule has 0 amide bonds. The molecule has 0 saturated heterocycles. The summed E-state index contributed by atoms with van der Waals surface area (Å²) in [5, 5.41) is 18.8. The zero-order valence-corrected chi connectivity index (χ0v) is 8.96. The first-order valence-corrected chi connectivity index (χ1v) is 5.06. The van der Waals surface area contributed by atoms with Gasteiger partial charge >= 0.3 is 5.97 Å². The summed E-state index contributed by atoms with van der Waals surface area (Å²) in [6, 6.07) is 9.38. The van der Waals surface area contributed by atoms with Gasteiger partial charge in [-0.25, -0.2) is 0 Å². The fourth-order valence-corrected chi connectivity index (χ4v) is 1.30. The average molecular weight is 233 g/mol. The lowest BCUT2D eigenvalue weighted by Crippen LogP contribution is -2.21. The Morgan fingerprint density at radius 2 is 2.06 bits per heavy atom. The summed E-state index contributed by atoms with van der Waals surface area (Å²) in [5.41, 5.74) is 0.837. The Kier molecular flexibility index (Phi) is 3.46. The maximum Gasteiger partial charge on any atom is 0.317 e. The molecule has 0 aliphatic rings. The number of carboxylic acids is 1. The van der Waals surface area contributed by atoms with Crippen LogP contribution in [0.3, 0.4) is 0 Å². The minimum atomic E-state index is -0.923. The number of hydrogen-bond donors (Lipinski definition) is 2. The number of carboxylic acid groups (broad SMARTS) is 1. The van der Waals surface area contributed by atoms with Crippen molar-refractivity contribution < 1.29 is 14.3 Å². The lowest BCUT2D eigenvalue weighted by atomic mass is 10.2. The van der Waals surface area contributed by atoms with Gasteiger partial charge in [0.25, 0.3) is 0 Å². The number of rotatable bonds is 5. The van der Waals surface area contributed by atoms with Crippen LogP contribution in [0.2, 0.25) is 0 Å².